The molecule has 0 unspecified atom stereocenters. The Morgan fingerprint density at radius 2 is 1.95 bits per heavy atom. The molecule has 3 rings (SSSR count). The van der Waals surface area contributed by atoms with Gasteiger partial charge in [-0.05, 0) is 30.3 Å². The van der Waals surface area contributed by atoms with Gasteiger partial charge in [0, 0.05) is 7.05 Å². The van der Waals surface area contributed by atoms with Crippen molar-refractivity contribution in [3.63, 3.8) is 0 Å². The lowest BCUT2D eigenvalue weighted by Crippen LogP contribution is -2.13. The minimum absolute atomic E-state index is 0.0489. The summed E-state index contributed by atoms with van der Waals surface area (Å²) in [6, 6.07) is 11.5. The van der Waals surface area contributed by atoms with Crippen LogP contribution in [0.25, 0.3) is 11.0 Å². The third-order valence-electron chi connectivity index (χ3n) is 3.10. The maximum atomic E-state index is 12.3. The number of hydrogen-bond acceptors (Lipinski definition) is 3. The second-order valence-corrected chi connectivity index (χ2v) is 6.65. The number of hydrogen-bond donors (Lipinski definition) is 1. The van der Waals surface area contributed by atoms with Crippen molar-refractivity contribution in [2.75, 3.05) is 4.72 Å². The van der Waals surface area contributed by atoms with Crippen molar-refractivity contribution in [2.24, 2.45) is 7.05 Å². The van der Waals surface area contributed by atoms with Gasteiger partial charge in [0.1, 0.15) is 4.90 Å². The second kappa shape index (κ2) is 5.05. The Labute approximate surface area is 127 Å². The van der Waals surface area contributed by atoms with Crippen LogP contribution in [0.2, 0.25) is 5.02 Å². The third kappa shape index (κ3) is 2.59. The lowest BCUT2D eigenvalue weighted by atomic mass is 10.3. The molecule has 5 nitrogen and oxygen atoms in total. The van der Waals surface area contributed by atoms with Crippen molar-refractivity contribution in [1.82, 2.24) is 9.55 Å². The number of anilines is 1. The summed E-state index contributed by atoms with van der Waals surface area (Å²) in [6.07, 6.45) is 1.68. The highest BCUT2D eigenvalue weighted by Gasteiger charge is 2.17. The van der Waals surface area contributed by atoms with Crippen LogP contribution in [0, 0.1) is 0 Å². The highest BCUT2D eigenvalue weighted by molar-refractivity contribution is 7.92. The lowest BCUT2D eigenvalue weighted by molar-refractivity contribution is 0.601. The molecular weight excluding hydrogens is 310 g/mol. The van der Waals surface area contributed by atoms with Gasteiger partial charge >= 0.3 is 0 Å². The van der Waals surface area contributed by atoms with Crippen molar-refractivity contribution in [3.8, 4) is 0 Å². The van der Waals surface area contributed by atoms with Gasteiger partial charge in [-0.3, -0.25) is 4.72 Å². The predicted octanol–water partition coefficient (Wildman–Crippen LogP) is 3.03. The molecular formula is C14H12ClN3O2S. The predicted molar refractivity (Wildman–Crippen MR) is 83.0 cm³/mol. The number of aromatic nitrogens is 2. The molecule has 0 aliphatic heterocycles. The number of benzene rings is 2. The molecule has 108 valence electrons. The molecule has 21 heavy (non-hydrogen) atoms. The maximum Gasteiger partial charge on any atom is 0.263 e. The first-order valence-electron chi connectivity index (χ1n) is 6.16. The van der Waals surface area contributed by atoms with Gasteiger partial charge in [0.15, 0.2) is 0 Å². The molecule has 7 heteroatoms. The Kier molecular flexibility index (Phi) is 3.35. The van der Waals surface area contributed by atoms with Gasteiger partial charge in [-0.25, -0.2) is 13.4 Å². The van der Waals surface area contributed by atoms with Gasteiger partial charge in [0.05, 0.1) is 28.1 Å². The molecule has 3 aromatic rings. The topological polar surface area (TPSA) is 64.0 Å². The van der Waals surface area contributed by atoms with Crippen LogP contribution in [0.5, 0.6) is 0 Å². The van der Waals surface area contributed by atoms with Crippen molar-refractivity contribution in [2.45, 2.75) is 4.90 Å². The molecule has 0 fully saturated rings. The molecule has 0 aliphatic carbocycles. The highest BCUT2D eigenvalue weighted by atomic mass is 35.5. The summed E-state index contributed by atoms with van der Waals surface area (Å²) in [7, 11) is -1.84. The number of rotatable bonds is 3. The van der Waals surface area contributed by atoms with E-state index in [4.69, 9.17) is 11.6 Å². The monoisotopic (exact) mass is 321 g/mol. The second-order valence-electron chi connectivity index (χ2n) is 4.59. The van der Waals surface area contributed by atoms with Crippen molar-refractivity contribution < 1.29 is 8.42 Å². The summed E-state index contributed by atoms with van der Waals surface area (Å²) >= 11 is 5.94. The zero-order chi connectivity index (χ0) is 15.0. The number of imidazole rings is 1. The first-order valence-corrected chi connectivity index (χ1v) is 8.02. The molecule has 0 saturated heterocycles. The van der Waals surface area contributed by atoms with Crippen molar-refractivity contribution >= 4 is 38.3 Å². The Balaban J connectivity index is 1.99. The molecule has 0 spiro atoms. The molecule has 0 atom stereocenters. The van der Waals surface area contributed by atoms with Gasteiger partial charge in [-0.1, -0.05) is 23.7 Å². The molecule has 0 radical (unpaired) electrons. The fourth-order valence-corrected chi connectivity index (χ4v) is 3.64. The van der Waals surface area contributed by atoms with Crippen LogP contribution < -0.4 is 4.72 Å². The molecule has 0 amide bonds. The molecule has 2 aromatic carbocycles. The van der Waals surface area contributed by atoms with Crippen LogP contribution in [-0.2, 0) is 17.1 Å². The van der Waals surface area contributed by atoms with Crippen LogP contribution in [0.4, 0.5) is 5.69 Å². The fourth-order valence-electron chi connectivity index (χ4n) is 2.07. The Morgan fingerprint density at radius 1 is 1.19 bits per heavy atom. The summed E-state index contributed by atoms with van der Waals surface area (Å²) in [5.41, 5.74) is 2.09. The zero-order valence-electron chi connectivity index (χ0n) is 11.1. The average Bonchev–Trinajstić information content (AvgIpc) is 2.80. The first-order chi connectivity index (χ1) is 9.97. The van der Waals surface area contributed by atoms with E-state index in [1.54, 1.807) is 30.6 Å². The van der Waals surface area contributed by atoms with Crippen LogP contribution in [0.15, 0.2) is 53.7 Å². The van der Waals surface area contributed by atoms with Gasteiger partial charge in [0.25, 0.3) is 10.0 Å². The van der Waals surface area contributed by atoms with Gasteiger partial charge in [-0.15, -0.1) is 0 Å². The van der Waals surface area contributed by atoms with E-state index in [-0.39, 0.29) is 9.92 Å². The lowest BCUT2D eigenvalue weighted by Gasteiger charge is -2.09. The van der Waals surface area contributed by atoms with Crippen LogP contribution in [-0.4, -0.2) is 18.0 Å². The molecule has 0 bridgehead atoms. The number of halogens is 1. The van der Waals surface area contributed by atoms with E-state index in [1.807, 2.05) is 17.7 Å². The number of nitrogens with zero attached hydrogens (tertiary/aromatic N) is 2. The maximum absolute atomic E-state index is 12.3. The van der Waals surface area contributed by atoms with Crippen LogP contribution in [0.1, 0.15) is 0 Å². The Morgan fingerprint density at radius 3 is 2.71 bits per heavy atom. The summed E-state index contributed by atoms with van der Waals surface area (Å²) < 4.78 is 29.1. The number of nitrogens with one attached hydrogen (secondary N) is 1. The van der Waals surface area contributed by atoms with E-state index in [1.165, 1.54) is 12.1 Å². The summed E-state index contributed by atoms with van der Waals surface area (Å²) in [5, 5.41) is 0.184. The standard InChI is InChI=1S/C14H12ClN3O2S/c1-18-9-16-12-8-10(6-7-13(12)18)17-21(19,20)14-5-3-2-4-11(14)15/h2-9,17H,1H3. The average molecular weight is 322 g/mol. The number of aryl methyl sites for hydroxylation is 1. The van der Waals surface area contributed by atoms with Gasteiger partial charge in [-0.2, -0.15) is 0 Å². The molecule has 0 aliphatic rings. The summed E-state index contributed by atoms with van der Waals surface area (Å²) in [4.78, 5) is 4.25. The highest BCUT2D eigenvalue weighted by Crippen LogP contribution is 2.24. The normalized spacial score (nSPS) is 11.7. The van der Waals surface area contributed by atoms with Gasteiger partial charge in [0.2, 0.25) is 0 Å². The van der Waals surface area contributed by atoms with Crippen LogP contribution in [0.3, 0.4) is 0 Å². The zero-order valence-corrected chi connectivity index (χ0v) is 12.7. The van der Waals surface area contributed by atoms with E-state index in [2.05, 4.69) is 9.71 Å². The molecule has 0 saturated carbocycles. The summed E-state index contributed by atoms with van der Waals surface area (Å²) in [5.74, 6) is 0. The van der Waals surface area contributed by atoms with Crippen molar-refractivity contribution in [3.05, 3.63) is 53.8 Å². The molecule has 1 N–H and O–H groups in total. The van der Waals surface area contributed by atoms with Gasteiger partial charge < -0.3 is 4.57 Å². The number of fused-ring (bicyclic) bond motifs is 1. The quantitative estimate of drug-likeness (QED) is 0.806. The largest absolute Gasteiger partial charge is 0.334 e. The third-order valence-corrected chi connectivity index (χ3v) is 4.98. The fraction of sp³-hybridized carbons (Fsp3) is 0.0714. The summed E-state index contributed by atoms with van der Waals surface area (Å²) in [6.45, 7) is 0. The van der Waals surface area contributed by atoms with E-state index in [9.17, 15) is 8.42 Å². The minimum atomic E-state index is -3.72. The van der Waals surface area contributed by atoms with E-state index >= 15 is 0 Å². The van der Waals surface area contributed by atoms with E-state index < -0.39 is 10.0 Å². The number of sulfonamides is 1. The van der Waals surface area contributed by atoms with Crippen molar-refractivity contribution in [1.29, 1.82) is 0 Å². The molecule has 1 heterocycles. The Hall–Kier alpha value is -2.05. The minimum Gasteiger partial charge on any atom is -0.334 e. The SMILES string of the molecule is Cn1cnc2cc(NS(=O)(=O)c3ccccc3Cl)ccc21. The van der Waals surface area contributed by atoms with E-state index in [0.717, 1.165) is 11.0 Å². The van der Waals surface area contributed by atoms with E-state index in [0.29, 0.717) is 5.69 Å². The van der Waals surface area contributed by atoms with Crippen LogP contribution >= 0.6 is 11.6 Å². The smallest absolute Gasteiger partial charge is 0.263 e. The first kappa shape index (κ1) is 13.9. The molecule has 1 aromatic heterocycles. The Bertz CT molecular complexity index is 919.